The predicted octanol–water partition coefficient (Wildman–Crippen LogP) is 1.80. The van der Waals surface area contributed by atoms with Crippen LogP contribution in [0.5, 0.6) is 0 Å². The van der Waals surface area contributed by atoms with Gasteiger partial charge in [-0.05, 0) is 12.0 Å². The van der Waals surface area contributed by atoms with Crippen molar-refractivity contribution in [3.63, 3.8) is 0 Å². The maximum Gasteiger partial charge on any atom is 0.308 e. The van der Waals surface area contributed by atoms with E-state index >= 15 is 0 Å². The summed E-state index contributed by atoms with van der Waals surface area (Å²) in [6, 6.07) is 8.91. The van der Waals surface area contributed by atoms with Gasteiger partial charge >= 0.3 is 5.97 Å². The van der Waals surface area contributed by atoms with E-state index in [1.807, 2.05) is 37.3 Å². The molecule has 0 aliphatic carbocycles. The number of benzene rings is 1. The standard InChI is InChI=1S/C11H15NO2/c1-2-9(11(13)14)10(12)8-6-4-3-5-7-8/h3-7,9-10H,2,12H2,1H3,(H,13,14)/t9?,10-/m1/s1. The molecule has 0 heterocycles. The van der Waals surface area contributed by atoms with E-state index in [2.05, 4.69) is 0 Å². The molecule has 0 saturated carbocycles. The Hall–Kier alpha value is -1.35. The van der Waals surface area contributed by atoms with Crippen molar-refractivity contribution >= 4 is 5.97 Å². The van der Waals surface area contributed by atoms with Crippen LogP contribution in [0.3, 0.4) is 0 Å². The molecule has 3 heteroatoms. The lowest BCUT2D eigenvalue weighted by Crippen LogP contribution is -2.27. The van der Waals surface area contributed by atoms with E-state index < -0.39 is 17.9 Å². The van der Waals surface area contributed by atoms with Crippen molar-refractivity contribution in [2.45, 2.75) is 19.4 Å². The van der Waals surface area contributed by atoms with E-state index in [0.29, 0.717) is 6.42 Å². The fourth-order valence-corrected chi connectivity index (χ4v) is 1.49. The first-order valence-electron chi connectivity index (χ1n) is 4.70. The quantitative estimate of drug-likeness (QED) is 0.766. The molecule has 0 aromatic heterocycles. The molecular formula is C11H15NO2. The van der Waals surface area contributed by atoms with Crippen LogP contribution in [0.25, 0.3) is 0 Å². The maximum absolute atomic E-state index is 10.9. The topological polar surface area (TPSA) is 63.3 Å². The van der Waals surface area contributed by atoms with Crippen LogP contribution in [0.15, 0.2) is 30.3 Å². The van der Waals surface area contributed by atoms with Gasteiger partial charge in [0.15, 0.2) is 0 Å². The number of nitrogens with two attached hydrogens (primary N) is 1. The SMILES string of the molecule is CCC(C(=O)O)[C@H](N)c1ccccc1. The van der Waals surface area contributed by atoms with Gasteiger partial charge in [-0.2, -0.15) is 0 Å². The van der Waals surface area contributed by atoms with Crippen molar-refractivity contribution in [3.8, 4) is 0 Å². The second-order valence-electron chi connectivity index (χ2n) is 3.29. The average Bonchev–Trinajstić information content (AvgIpc) is 2.19. The molecule has 0 spiro atoms. The van der Waals surface area contributed by atoms with E-state index in [9.17, 15) is 4.79 Å². The van der Waals surface area contributed by atoms with Crippen LogP contribution in [0.1, 0.15) is 24.9 Å². The molecule has 2 atom stereocenters. The lowest BCUT2D eigenvalue weighted by atomic mass is 9.92. The smallest absolute Gasteiger partial charge is 0.308 e. The molecule has 1 aromatic rings. The van der Waals surface area contributed by atoms with Crippen molar-refractivity contribution < 1.29 is 9.90 Å². The van der Waals surface area contributed by atoms with E-state index in [4.69, 9.17) is 10.8 Å². The first kappa shape index (κ1) is 10.7. The summed E-state index contributed by atoms with van der Waals surface area (Å²) in [5, 5.41) is 8.92. The Kier molecular flexibility index (Phi) is 3.65. The highest BCUT2D eigenvalue weighted by Gasteiger charge is 2.24. The number of carboxylic acids is 1. The van der Waals surface area contributed by atoms with Crippen molar-refractivity contribution in [2.75, 3.05) is 0 Å². The largest absolute Gasteiger partial charge is 0.481 e. The van der Waals surface area contributed by atoms with Gasteiger partial charge < -0.3 is 10.8 Å². The van der Waals surface area contributed by atoms with Gasteiger partial charge in [-0.15, -0.1) is 0 Å². The molecule has 1 aromatic carbocycles. The molecule has 14 heavy (non-hydrogen) atoms. The predicted molar refractivity (Wildman–Crippen MR) is 54.8 cm³/mol. The third-order valence-electron chi connectivity index (χ3n) is 2.37. The lowest BCUT2D eigenvalue weighted by Gasteiger charge is -2.18. The van der Waals surface area contributed by atoms with E-state index in [-0.39, 0.29) is 0 Å². The van der Waals surface area contributed by atoms with E-state index in [1.165, 1.54) is 0 Å². The van der Waals surface area contributed by atoms with Gasteiger partial charge in [0.2, 0.25) is 0 Å². The molecule has 0 aliphatic rings. The molecule has 3 nitrogen and oxygen atoms in total. The Morgan fingerprint density at radius 3 is 2.43 bits per heavy atom. The Morgan fingerprint density at radius 2 is 2.00 bits per heavy atom. The molecule has 1 rings (SSSR count). The Morgan fingerprint density at radius 1 is 1.43 bits per heavy atom. The number of hydrogen-bond donors (Lipinski definition) is 2. The molecule has 1 unspecified atom stereocenters. The number of carbonyl (C=O) groups is 1. The van der Waals surface area contributed by atoms with Crippen LogP contribution in [-0.4, -0.2) is 11.1 Å². The molecular weight excluding hydrogens is 178 g/mol. The Labute approximate surface area is 83.6 Å². The zero-order valence-corrected chi connectivity index (χ0v) is 8.18. The summed E-state index contributed by atoms with van der Waals surface area (Å²) in [4.78, 5) is 10.9. The van der Waals surface area contributed by atoms with Gasteiger partial charge in [-0.1, -0.05) is 37.3 Å². The summed E-state index contributed by atoms with van der Waals surface area (Å²) in [7, 11) is 0. The van der Waals surface area contributed by atoms with Gasteiger partial charge in [0, 0.05) is 6.04 Å². The monoisotopic (exact) mass is 193 g/mol. The second kappa shape index (κ2) is 4.77. The van der Waals surface area contributed by atoms with Crippen LogP contribution in [-0.2, 0) is 4.79 Å². The minimum atomic E-state index is -0.830. The highest BCUT2D eigenvalue weighted by atomic mass is 16.4. The summed E-state index contributed by atoms with van der Waals surface area (Å²) < 4.78 is 0. The third kappa shape index (κ3) is 2.33. The summed E-state index contributed by atoms with van der Waals surface area (Å²) in [6.45, 7) is 1.83. The second-order valence-corrected chi connectivity index (χ2v) is 3.29. The normalized spacial score (nSPS) is 14.7. The number of aliphatic carboxylic acids is 1. The fraction of sp³-hybridized carbons (Fsp3) is 0.364. The summed E-state index contributed by atoms with van der Waals surface area (Å²) in [5.41, 5.74) is 6.75. The highest BCUT2D eigenvalue weighted by molar-refractivity contribution is 5.71. The van der Waals surface area contributed by atoms with E-state index in [0.717, 1.165) is 5.56 Å². The molecule has 0 amide bonds. The van der Waals surface area contributed by atoms with Gasteiger partial charge in [0.1, 0.15) is 0 Å². The minimum Gasteiger partial charge on any atom is -0.481 e. The lowest BCUT2D eigenvalue weighted by molar-refractivity contribution is -0.142. The zero-order chi connectivity index (χ0) is 10.6. The number of carboxylic acid groups (broad SMARTS) is 1. The molecule has 3 N–H and O–H groups in total. The van der Waals surface area contributed by atoms with Gasteiger partial charge in [0.25, 0.3) is 0 Å². The van der Waals surface area contributed by atoms with Crippen LogP contribution in [0.4, 0.5) is 0 Å². The minimum absolute atomic E-state index is 0.418. The zero-order valence-electron chi connectivity index (χ0n) is 8.18. The molecule has 0 saturated heterocycles. The number of hydrogen-bond acceptors (Lipinski definition) is 2. The molecule has 0 radical (unpaired) electrons. The first-order valence-corrected chi connectivity index (χ1v) is 4.70. The van der Waals surface area contributed by atoms with Gasteiger partial charge in [-0.25, -0.2) is 0 Å². The van der Waals surface area contributed by atoms with Crippen LogP contribution in [0, 0.1) is 5.92 Å². The summed E-state index contributed by atoms with van der Waals surface area (Å²) in [6.07, 6.45) is 0.547. The molecule has 0 bridgehead atoms. The maximum atomic E-state index is 10.9. The fourth-order valence-electron chi connectivity index (χ4n) is 1.49. The molecule has 76 valence electrons. The van der Waals surface area contributed by atoms with Crippen molar-refractivity contribution in [3.05, 3.63) is 35.9 Å². The van der Waals surface area contributed by atoms with Crippen LogP contribution in [0.2, 0.25) is 0 Å². The van der Waals surface area contributed by atoms with Crippen molar-refractivity contribution in [1.82, 2.24) is 0 Å². The summed E-state index contributed by atoms with van der Waals surface area (Å²) >= 11 is 0. The Bertz CT molecular complexity index is 297. The van der Waals surface area contributed by atoms with Crippen LogP contribution >= 0.6 is 0 Å². The van der Waals surface area contributed by atoms with E-state index in [1.54, 1.807) is 0 Å². The summed E-state index contributed by atoms with van der Waals surface area (Å²) in [5.74, 6) is -1.33. The molecule has 0 fully saturated rings. The first-order chi connectivity index (χ1) is 6.66. The van der Waals surface area contributed by atoms with Crippen molar-refractivity contribution in [1.29, 1.82) is 0 Å². The highest BCUT2D eigenvalue weighted by Crippen LogP contribution is 2.21. The van der Waals surface area contributed by atoms with Crippen LogP contribution < -0.4 is 5.73 Å². The average molecular weight is 193 g/mol. The van der Waals surface area contributed by atoms with Crippen molar-refractivity contribution in [2.24, 2.45) is 11.7 Å². The van der Waals surface area contributed by atoms with Gasteiger partial charge in [-0.3, -0.25) is 4.79 Å². The number of rotatable bonds is 4. The third-order valence-corrected chi connectivity index (χ3v) is 2.37. The molecule has 0 aliphatic heterocycles. The van der Waals surface area contributed by atoms with Gasteiger partial charge in [0.05, 0.1) is 5.92 Å². The Balaban J connectivity index is 2.83.